The zero-order valence-electron chi connectivity index (χ0n) is 18.2. The average Bonchev–Trinajstić information content (AvgIpc) is 3.58. The minimum absolute atomic E-state index is 0.0766. The molecule has 0 saturated heterocycles. The van der Waals surface area contributed by atoms with E-state index in [9.17, 15) is 4.79 Å². The number of carbonyl (C=O) groups excluding carboxylic acids is 1. The molecule has 8 aliphatic carbocycles. The number of esters is 1. The fraction of sp³-hybridized carbons (Fsp3) is 0.750. The van der Waals surface area contributed by atoms with E-state index in [2.05, 4.69) is 0 Å². The van der Waals surface area contributed by atoms with E-state index in [1.54, 1.807) is 7.11 Å². The number of para-hydroxylation sites is 1. The Balaban J connectivity index is 1.25. The Bertz CT molecular complexity index is 941. The van der Waals surface area contributed by atoms with Crippen LogP contribution in [0.3, 0.4) is 0 Å². The number of rotatable bonds is 4. The van der Waals surface area contributed by atoms with Crippen LogP contribution in [0.2, 0.25) is 0 Å². The molecule has 0 aliphatic heterocycles. The first-order chi connectivity index (χ1) is 15.3. The lowest BCUT2D eigenvalue weighted by atomic mass is 9.62. The van der Waals surface area contributed by atoms with Crippen molar-refractivity contribution in [2.24, 2.45) is 88.3 Å². The molecule has 3 nitrogen and oxygen atoms in total. The molecule has 0 radical (unpaired) electrons. The first-order valence-corrected chi connectivity index (χ1v) is 13.0. The summed E-state index contributed by atoms with van der Waals surface area (Å²) in [4.78, 5) is 13.9. The molecule has 0 N–H and O–H groups in total. The second-order valence-electron chi connectivity index (χ2n) is 12.6. The maximum atomic E-state index is 13.9. The molecule has 0 amide bonds. The zero-order chi connectivity index (χ0) is 20.2. The van der Waals surface area contributed by atoms with Crippen molar-refractivity contribution in [2.75, 3.05) is 13.7 Å². The standard InChI is InChI=1S/C28H32O3/c1-30-27(29)28(11-31-12-5-3-2-4-6-12)25-15-9-7-13-17-14-8-10-16-19(14)22-20(17)21(18(13)15)23(25)24(22)26(16)28/h2-6,13-26H,7-11H2,1H3/t13-,14+,15?,16?,17?,18-,19+,20?,21?,22?,23?,24?,25-,26+,28?. The van der Waals surface area contributed by atoms with Crippen LogP contribution < -0.4 is 4.74 Å². The van der Waals surface area contributed by atoms with Crippen LogP contribution in [0, 0.1) is 88.3 Å². The molecule has 8 saturated carbocycles. The van der Waals surface area contributed by atoms with E-state index in [1.807, 2.05) is 30.3 Å². The Hall–Kier alpha value is -1.51. The molecule has 31 heavy (non-hydrogen) atoms. The van der Waals surface area contributed by atoms with E-state index in [0.717, 1.165) is 76.8 Å². The van der Waals surface area contributed by atoms with Crippen LogP contribution in [-0.4, -0.2) is 19.7 Å². The van der Waals surface area contributed by atoms with Gasteiger partial charge >= 0.3 is 5.97 Å². The topological polar surface area (TPSA) is 35.5 Å². The molecule has 162 valence electrons. The Morgan fingerprint density at radius 1 is 0.774 bits per heavy atom. The molecule has 8 aliphatic rings. The van der Waals surface area contributed by atoms with E-state index in [0.29, 0.717) is 18.4 Å². The van der Waals surface area contributed by atoms with Crippen LogP contribution >= 0.6 is 0 Å². The van der Waals surface area contributed by atoms with Crippen molar-refractivity contribution in [2.45, 2.75) is 25.7 Å². The number of fused-ring (bicyclic) bond motifs is 4. The Kier molecular flexibility index (Phi) is 2.84. The van der Waals surface area contributed by atoms with Crippen molar-refractivity contribution in [3.63, 3.8) is 0 Å². The third kappa shape index (κ3) is 1.53. The van der Waals surface area contributed by atoms with Gasteiger partial charge in [-0.25, -0.2) is 0 Å². The number of methoxy groups -OCH3 is 1. The molecular weight excluding hydrogens is 384 g/mol. The first-order valence-electron chi connectivity index (χ1n) is 13.0. The largest absolute Gasteiger partial charge is 0.492 e. The van der Waals surface area contributed by atoms with E-state index in [4.69, 9.17) is 9.47 Å². The van der Waals surface area contributed by atoms with Crippen molar-refractivity contribution >= 4 is 5.97 Å². The van der Waals surface area contributed by atoms with Gasteiger partial charge in [-0.2, -0.15) is 0 Å². The SMILES string of the molecule is COC(=O)C1(COc2ccccc2)[C@@H]2C3C4C5C6C3[C@H]1C1CC[C@H](C5[C@@H]3CCC2[C@@H]43)[C@@H]61. The summed E-state index contributed by atoms with van der Waals surface area (Å²) < 4.78 is 12.2. The number of hydrogen-bond donors (Lipinski definition) is 0. The summed E-state index contributed by atoms with van der Waals surface area (Å²) in [5, 5.41) is 0. The summed E-state index contributed by atoms with van der Waals surface area (Å²) in [6.07, 6.45) is 5.63. The van der Waals surface area contributed by atoms with Crippen molar-refractivity contribution in [1.82, 2.24) is 0 Å². The van der Waals surface area contributed by atoms with Gasteiger partial charge in [0.25, 0.3) is 0 Å². The van der Waals surface area contributed by atoms with Crippen LogP contribution in [0.25, 0.3) is 0 Å². The molecule has 9 unspecified atom stereocenters. The monoisotopic (exact) mass is 416 g/mol. The fourth-order valence-electron chi connectivity index (χ4n) is 13.4. The van der Waals surface area contributed by atoms with E-state index >= 15 is 0 Å². The fourth-order valence-corrected chi connectivity index (χ4v) is 13.4. The molecule has 0 bridgehead atoms. The molecule has 0 spiro atoms. The predicted octanol–water partition coefficient (Wildman–Crippen LogP) is 4.52. The minimum atomic E-state index is -0.409. The van der Waals surface area contributed by atoms with Gasteiger partial charge in [-0.3, -0.25) is 4.79 Å². The maximum absolute atomic E-state index is 13.9. The van der Waals surface area contributed by atoms with Gasteiger partial charge < -0.3 is 9.47 Å². The molecule has 8 fully saturated rings. The van der Waals surface area contributed by atoms with Gasteiger partial charge in [-0.15, -0.1) is 0 Å². The summed E-state index contributed by atoms with van der Waals surface area (Å²) in [6, 6.07) is 10.2. The highest BCUT2D eigenvalue weighted by molar-refractivity contribution is 5.79. The number of ether oxygens (including phenoxy) is 2. The van der Waals surface area contributed by atoms with E-state index in [-0.39, 0.29) is 5.97 Å². The van der Waals surface area contributed by atoms with Crippen molar-refractivity contribution in [3.05, 3.63) is 30.3 Å². The lowest BCUT2D eigenvalue weighted by Gasteiger charge is -2.42. The van der Waals surface area contributed by atoms with E-state index < -0.39 is 5.41 Å². The summed E-state index contributed by atoms with van der Waals surface area (Å²) >= 11 is 0. The van der Waals surface area contributed by atoms with Crippen molar-refractivity contribution in [1.29, 1.82) is 0 Å². The van der Waals surface area contributed by atoms with Gasteiger partial charge in [0, 0.05) is 0 Å². The van der Waals surface area contributed by atoms with Gasteiger partial charge in [-0.1, -0.05) is 18.2 Å². The van der Waals surface area contributed by atoms with Gasteiger partial charge in [0.15, 0.2) is 0 Å². The Morgan fingerprint density at radius 3 is 1.87 bits per heavy atom. The van der Waals surface area contributed by atoms with Gasteiger partial charge in [0.05, 0.1) is 7.11 Å². The highest BCUT2D eigenvalue weighted by Gasteiger charge is 2.89. The first kappa shape index (κ1) is 17.0. The zero-order valence-corrected chi connectivity index (χ0v) is 18.2. The smallest absolute Gasteiger partial charge is 0.315 e. The van der Waals surface area contributed by atoms with Crippen molar-refractivity contribution in [3.8, 4) is 5.75 Å². The summed E-state index contributed by atoms with van der Waals surface area (Å²) in [7, 11) is 1.64. The highest BCUT2D eigenvalue weighted by atomic mass is 16.5. The van der Waals surface area contributed by atoms with Gasteiger partial charge in [0.2, 0.25) is 0 Å². The molecule has 0 heterocycles. The van der Waals surface area contributed by atoms with Gasteiger partial charge in [0.1, 0.15) is 17.8 Å². The average molecular weight is 417 g/mol. The second-order valence-corrected chi connectivity index (χ2v) is 12.6. The molecule has 3 heteroatoms. The lowest BCUT2D eigenvalue weighted by molar-refractivity contribution is -0.165. The Labute approximate surface area is 184 Å². The third-order valence-electron chi connectivity index (χ3n) is 12.9. The summed E-state index contributed by atoms with van der Waals surface area (Å²) in [6.45, 7) is 0.543. The Morgan fingerprint density at radius 2 is 1.29 bits per heavy atom. The second kappa shape index (κ2) is 5.18. The molecule has 9 rings (SSSR count). The molecule has 0 aromatic heterocycles. The van der Waals surface area contributed by atoms with Crippen molar-refractivity contribution < 1.29 is 14.3 Å². The number of benzene rings is 1. The molecule has 15 atom stereocenters. The normalized spacial score (nSPS) is 61.6. The maximum Gasteiger partial charge on any atom is 0.315 e. The summed E-state index contributed by atoms with van der Waals surface area (Å²) in [5.41, 5.74) is -0.409. The minimum Gasteiger partial charge on any atom is -0.492 e. The predicted molar refractivity (Wildman–Crippen MR) is 114 cm³/mol. The lowest BCUT2D eigenvalue weighted by Crippen LogP contribution is -2.50. The van der Waals surface area contributed by atoms with Crippen LogP contribution in [0.5, 0.6) is 5.75 Å². The van der Waals surface area contributed by atoms with Crippen LogP contribution in [0.15, 0.2) is 30.3 Å². The molecule has 1 aromatic rings. The molecular formula is C28H32O3. The number of hydrogen-bond acceptors (Lipinski definition) is 3. The van der Waals surface area contributed by atoms with E-state index in [1.165, 1.54) is 25.7 Å². The summed E-state index contributed by atoms with van der Waals surface area (Å²) in [5.74, 6) is 13.0. The van der Waals surface area contributed by atoms with Crippen LogP contribution in [-0.2, 0) is 9.53 Å². The third-order valence-corrected chi connectivity index (χ3v) is 12.9. The highest BCUT2D eigenvalue weighted by Crippen LogP contribution is 2.90. The number of carbonyl (C=O) groups is 1. The van der Waals surface area contributed by atoms with Crippen LogP contribution in [0.1, 0.15) is 25.7 Å². The van der Waals surface area contributed by atoms with Crippen LogP contribution in [0.4, 0.5) is 0 Å². The quantitative estimate of drug-likeness (QED) is 0.677. The molecule has 1 aromatic carbocycles. The van der Waals surface area contributed by atoms with Gasteiger partial charge in [-0.05, 0) is 121 Å².